The summed E-state index contributed by atoms with van der Waals surface area (Å²) in [5.74, 6) is 0. The molecule has 0 saturated heterocycles. The van der Waals surface area contributed by atoms with Crippen molar-refractivity contribution in [1.82, 2.24) is 0 Å². The van der Waals surface area contributed by atoms with Crippen molar-refractivity contribution >= 4 is 92.8 Å². The molecular formula is C11H16NaO15S6. The molecule has 0 N–H and O–H groups in total. The maximum absolute atomic E-state index is 12.7. The summed E-state index contributed by atoms with van der Waals surface area (Å²) in [5.41, 5.74) is 0. The van der Waals surface area contributed by atoms with E-state index in [0.29, 0.717) is 35.5 Å². The van der Waals surface area contributed by atoms with E-state index in [-0.39, 0.29) is 29.6 Å². The van der Waals surface area contributed by atoms with E-state index >= 15 is 0 Å². The molecule has 0 spiro atoms. The number of rotatable bonds is 10. The Bertz CT molecular complexity index is 1360. The minimum atomic E-state index is -5.54. The van der Waals surface area contributed by atoms with Gasteiger partial charge in [-0.15, -0.1) is 12.6 Å². The molecule has 1 rings (SSSR count). The molecule has 0 aliphatic carbocycles. The predicted octanol–water partition coefficient (Wildman–Crippen LogP) is -1.73. The summed E-state index contributed by atoms with van der Waals surface area (Å²) in [7, 11) is -24.6. The summed E-state index contributed by atoms with van der Waals surface area (Å²) < 4.78 is 147. The van der Waals surface area contributed by atoms with Crippen LogP contribution in [0, 0.1) is 0 Å². The van der Waals surface area contributed by atoms with Crippen LogP contribution < -0.4 is 0 Å². The largest absolute Gasteiger partial charge is 0.299 e. The van der Waals surface area contributed by atoms with E-state index in [1.807, 2.05) is 0 Å². The molecule has 0 aliphatic rings. The van der Waals surface area contributed by atoms with E-state index in [1.54, 1.807) is 0 Å². The Morgan fingerprint density at radius 1 is 0.424 bits per heavy atom. The van der Waals surface area contributed by atoms with Crippen LogP contribution in [-0.2, 0) is 71.5 Å². The molecular weight excluding hydrogens is 587 g/mol. The predicted molar refractivity (Wildman–Crippen MR) is 110 cm³/mol. The summed E-state index contributed by atoms with van der Waals surface area (Å²) in [6.07, 6.45) is 0. The minimum Gasteiger partial charge on any atom is -0.270 e. The maximum atomic E-state index is 12.7. The van der Waals surface area contributed by atoms with Crippen molar-refractivity contribution in [3.05, 3.63) is 0 Å². The van der Waals surface area contributed by atoms with Gasteiger partial charge in [0.15, 0.2) is 0 Å². The van der Waals surface area contributed by atoms with Crippen molar-refractivity contribution in [2.75, 3.05) is 35.5 Å². The van der Waals surface area contributed by atoms with Crippen molar-refractivity contribution in [2.45, 2.75) is 29.4 Å². The SMILES string of the molecule is COS(=O)(=O)c1c(S)c(S(=O)(=O)OC)c(S(=O)(=O)OC)c(S(=O)(=O)OC)c1S(=O)(=O)OC.[Na]. The maximum Gasteiger partial charge on any atom is 0.299 e. The van der Waals surface area contributed by atoms with Crippen LogP contribution in [-0.4, -0.2) is 107 Å². The van der Waals surface area contributed by atoms with Gasteiger partial charge in [-0.2, -0.15) is 42.1 Å². The smallest absolute Gasteiger partial charge is 0.270 e. The second-order valence-corrected chi connectivity index (χ2v) is 13.8. The van der Waals surface area contributed by atoms with E-state index in [4.69, 9.17) is 0 Å². The summed E-state index contributed by atoms with van der Waals surface area (Å²) >= 11 is 3.67. The Labute approximate surface area is 219 Å². The van der Waals surface area contributed by atoms with Crippen molar-refractivity contribution in [2.24, 2.45) is 0 Å². The molecule has 33 heavy (non-hydrogen) atoms. The van der Waals surface area contributed by atoms with Gasteiger partial charge in [-0.05, 0) is 0 Å². The van der Waals surface area contributed by atoms with Crippen molar-refractivity contribution in [3.63, 3.8) is 0 Å². The number of hydrogen-bond acceptors (Lipinski definition) is 16. The Kier molecular flexibility index (Phi) is 11.1. The number of benzene rings is 1. The fourth-order valence-electron chi connectivity index (χ4n) is 2.19. The van der Waals surface area contributed by atoms with E-state index in [0.717, 1.165) is 0 Å². The molecule has 0 heterocycles. The van der Waals surface area contributed by atoms with E-state index < -0.39 is 80.0 Å². The third kappa shape index (κ3) is 6.10. The van der Waals surface area contributed by atoms with Crippen LogP contribution in [0.25, 0.3) is 0 Å². The quantitative estimate of drug-likeness (QED) is 0.178. The van der Waals surface area contributed by atoms with Gasteiger partial charge in [0.05, 0.1) is 35.5 Å². The van der Waals surface area contributed by atoms with Gasteiger partial charge in [-0.3, -0.25) is 20.9 Å². The minimum absolute atomic E-state index is 0. The molecule has 0 aromatic heterocycles. The summed E-state index contributed by atoms with van der Waals surface area (Å²) in [4.78, 5) is -10.5. The van der Waals surface area contributed by atoms with Crippen LogP contribution in [0.5, 0.6) is 0 Å². The van der Waals surface area contributed by atoms with Gasteiger partial charge in [0.25, 0.3) is 50.6 Å². The molecule has 0 aliphatic heterocycles. The molecule has 0 bridgehead atoms. The number of thiol groups is 1. The Morgan fingerprint density at radius 2 is 0.576 bits per heavy atom. The van der Waals surface area contributed by atoms with Crippen LogP contribution in [0.4, 0.5) is 0 Å². The number of hydrogen-bond donors (Lipinski definition) is 1. The molecule has 15 nitrogen and oxygen atoms in total. The first-order valence-corrected chi connectivity index (χ1v) is 14.8. The molecule has 187 valence electrons. The first-order valence-electron chi connectivity index (χ1n) is 7.29. The molecule has 0 amide bonds. The normalized spacial score (nSPS) is 13.5. The van der Waals surface area contributed by atoms with Crippen molar-refractivity contribution in [3.8, 4) is 0 Å². The molecule has 1 aromatic rings. The van der Waals surface area contributed by atoms with E-state index in [9.17, 15) is 42.1 Å². The second-order valence-electron chi connectivity index (χ2n) is 5.10. The molecule has 1 aromatic carbocycles. The third-order valence-corrected chi connectivity index (χ3v) is 11.6. The fraction of sp³-hybridized carbons (Fsp3) is 0.455. The van der Waals surface area contributed by atoms with Crippen molar-refractivity contribution in [1.29, 1.82) is 0 Å². The van der Waals surface area contributed by atoms with Crippen molar-refractivity contribution < 1.29 is 63.0 Å². The van der Waals surface area contributed by atoms with Crippen LogP contribution in [0.15, 0.2) is 29.4 Å². The molecule has 0 unspecified atom stereocenters. The summed E-state index contributed by atoms with van der Waals surface area (Å²) in [5, 5.41) is 0. The summed E-state index contributed by atoms with van der Waals surface area (Å²) in [6, 6.07) is 0. The average molecular weight is 604 g/mol. The molecule has 1 radical (unpaired) electrons. The van der Waals surface area contributed by atoms with Gasteiger partial charge < -0.3 is 0 Å². The fourth-order valence-corrected chi connectivity index (χ4v) is 10.1. The third-order valence-electron chi connectivity index (χ3n) is 3.60. The molecule has 0 atom stereocenters. The summed E-state index contributed by atoms with van der Waals surface area (Å²) in [6.45, 7) is 0. The molecule has 22 heteroatoms. The van der Waals surface area contributed by atoms with Crippen LogP contribution >= 0.6 is 12.6 Å². The first kappa shape index (κ1) is 33.1. The standard InChI is InChI=1S/C11H16O15S6.Na/c1-22-28(12,13)7-6(27)8(29(14,15)23-2)10(31(18,19)25-4)11(32(20,21)26-5)9(7)30(16,17)24-3;/h27H,1-5H3;. The zero-order valence-corrected chi connectivity index (χ0v) is 24.6. The first-order chi connectivity index (χ1) is 14.3. The van der Waals surface area contributed by atoms with Gasteiger partial charge in [-0.25, -0.2) is 0 Å². The van der Waals surface area contributed by atoms with E-state index in [1.165, 1.54) is 0 Å². The van der Waals surface area contributed by atoms with Gasteiger partial charge in [-0.1, -0.05) is 0 Å². The Balaban J connectivity index is 0.0000102. The molecule has 0 fully saturated rings. The zero-order chi connectivity index (χ0) is 25.5. The van der Waals surface area contributed by atoms with E-state index in [2.05, 4.69) is 33.5 Å². The molecule has 0 saturated carbocycles. The van der Waals surface area contributed by atoms with Crippen LogP contribution in [0.2, 0.25) is 0 Å². The van der Waals surface area contributed by atoms with Gasteiger partial charge in [0.1, 0.15) is 24.5 Å². The van der Waals surface area contributed by atoms with Crippen LogP contribution in [0.3, 0.4) is 0 Å². The second kappa shape index (κ2) is 11.0. The van der Waals surface area contributed by atoms with Crippen LogP contribution in [0.1, 0.15) is 0 Å². The van der Waals surface area contributed by atoms with Gasteiger partial charge in [0.2, 0.25) is 0 Å². The monoisotopic (exact) mass is 603 g/mol. The topological polar surface area (TPSA) is 217 Å². The Hall–Kier alpha value is 0.120. The van der Waals surface area contributed by atoms with Gasteiger partial charge >= 0.3 is 0 Å². The van der Waals surface area contributed by atoms with Gasteiger partial charge in [0, 0.05) is 34.5 Å². The Morgan fingerprint density at radius 3 is 0.758 bits per heavy atom. The average Bonchev–Trinajstić information content (AvgIpc) is 2.71. The zero-order valence-electron chi connectivity index (χ0n) is 17.6.